The van der Waals surface area contributed by atoms with Crippen molar-refractivity contribution in [1.82, 2.24) is 0 Å². The Bertz CT molecular complexity index is 1660. The molecular formula is C26H19NO7S. The summed E-state index contributed by atoms with van der Waals surface area (Å²) in [7, 11) is -4.37. The van der Waals surface area contributed by atoms with Crippen molar-refractivity contribution in [3.8, 4) is 0 Å². The summed E-state index contributed by atoms with van der Waals surface area (Å²) in [5, 5.41) is 11.2. The summed E-state index contributed by atoms with van der Waals surface area (Å²) in [5.41, 5.74) is 0.995. The van der Waals surface area contributed by atoms with Crippen molar-refractivity contribution in [2.24, 2.45) is 0 Å². The van der Waals surface area contributed by atoms with Crippen LogP contribution in [-0.2, 0) is 9.84 Å². The van der Waals surface area contributed by atoms with E-state index in [1.54, 1.807) is 44.2 Å². The number of rotatable bonds is 6. The van der Waals surface area contributed by atoms with E-state index in [0.29, 0.717) is 5.58 Å². The van der Waals surface area contributed by atoms with E-state index in [1.165, 1.54) is 24.3 Å². The van der Waals surface area contributed by atoms with Crippen molar-refractivity contribution >= 4 is 38.4 Å². The molecule has 0 aliphatic heterocycles. The number of nitro groups is 1. The number of nitro benzene ring substituents is 1. The normalized spacial score (nSPS) is 12.0. The Kier molecular flexibility index (Phi) is 6.19. The molecule has 0 radical (unpaired) electrons. The molecule has 9 heteroatoms. The molecule has 1 heterocycles. The Labute approximate surface area is 200 Å². The van der Waals surface area contributed by atoms with E-state index in [-0.39, 0.29) is 27.1 Å². The number of benzene rings is 3. The highest BCUT2D eigenvalue weighted by atomic mass is 32.2. The van der Waals surface area contributed by atoms with Gasteiger partial charge in [-0.05, 0) is 56.3 Å². The van der Waals surface area contributed by atoms with Crippen LogP contribution in [0.3, 0.4) is 0 Å². The maximum Gasteiger partial charge on any atom is 0.269 e. The first-order chi connectivity index (χ1) is 16.6. The molecule has 0 aliphatic rings. The molecule has 8 nitrogen and oxygen atoms in total. The lowest BCUT2D eigenvalue weighted by molar-refractivity contribution is -0.384. The average molecular weight is 490 g/mol. The molecule has 35 heavy (non-hydrogen) atoms. The molecule has 0 amide bonds. The van der Waals surface area contributed by atoms with Gasteiger partial charge < -0.3 is 4.42 Å². The van der Waals surface area contributed by atoms with Crippen molar-refractivity contribution in [1.29, 1.82) is 0 Å². The third kappa shape index (κ3) is 4.67. The van der Waals surface area contributed by atoms with E-state index >= 15 is 0 Å². The highest BCUT2D eigenvalue weighted by Gasteiger charge is 2.29. The summed E-state index contributed by atoms with van der Waals surface area (Å²) in [5.74, 6) is -0.913. The molecule has 3 aromatic carbocycles. The van der Waals surface area contributed by atoms with Gasteiger partial charge in [-0.25, -0.2) is 8.42 Å². The van der Waals surface area contributed by atoms with E-state index in [9.17, 15) is 28.1 Å². The molecule has 176 valence electrons. The van der Waals surface area contributed by atoms with E-state index in [2.05, 4.69) is 0 Å². The number of carbonyl (C=O) groups excluding carboxylic acids is 1. The maximum atomic E-state index is 13.5. The van der Waals surface area contributed by atoms with Gasteiger partial charge in [0, 0.05) is 17.7 Å². The van der Waals surface area contributed by atoms with Gasteiger partial charge in [-0.15, -0.1) is 0 Å². The van der Waals surface area contributed by atoms with E-state index < -0.39 is 30.9 Å². The highest BCUT2D eigenvalue weighted by Crippen LogP contribution is 2.26. The molecule has 0 atom stereocenters. The second-order valence-electron chi connectivity index (χ2n) is 7.98. The fourth-order valence-electron chi connectivity index (χ4n) is 3.49. The van der Waals surface area contributed by atoms with E-state index in [4.69, 9.17) is 4.42 Å². The molecule has 4 rings (SSSR count). The Morgan fingerprint density at radius 2 is 1.57 bits per heavy atom. The molecule has 4 aromatic rings. The van der Waals surface area contributed by atoms with E-state index in [1.807, 2.05) is 0 Å². The Morgan fingerprint density at radius 3 is 2.20 bits per heavy atom. The lowest BCUT2D eigenvalue weighted by atomic mass is 10.1. The van der Waals surface area contributed by atoms with Crippen molar-refractivity contribution in [2.45, 2.75) is 18.7 Å². The second-order valence-corrected chi connectivity index (χ2v) is 9.90. The van der Waals surface area contributed by atoms with Gasteiger partial charge in [-0.3, -0.25) is 19.7 Å². The minimum absolute atomic E-state index is 0.0847. The maximum absolute atomic E-state index is 13.5. The number of hydrogen-bond acceptors (Lipinski definition) is 7. The predicted molar refractivity (Wildman–Crippen MR) is 131 cm³/mol. The summed E-state index contributed by atoms with van der Waals surface area (Å²) in [6.45, 7) is 3.59. The fraction of sp³-hybridized carbons (Fsp3) is 0.0769. The molecule has 0 fully saturated rings. The van der Waals surface area contributed by atoms with Gasteiger partial charge in [0.05, 0.1) is 20.8 Å². The summed E-state index contributed by atoms with van der Waals surface area (Å²) >= 11 is 0. The van der Waals surface area contributed by atoms with Gasteiger partial charge in [-0.2, -0.15) is 0 Å². The predicted octanol–water partition coefficient (Wildman–Crippen LogP) is 5.02. The van der Waals surface area contributed by atoms with Gasteiger partial charge in [0.15, 0.2) is 5.43 Å². The summed E-state index contributed by atoms with van der Waals surface area (Å²) in [6.07, 6.45) is 2.10. The van der Waals surface area contributed by atoms with Gasteiger partial charge in [0.2, 0.25) is 15.6 Å². The summed E-state index contributed by atoms with van der Waals surface area (Å²) < 4.78 is 32.6. The zero-order valence-corrected chi connectivity index (χ0v) is 19.5. The molecular weight excluding hydrogens is 470 g/mol. The molecule has 0 N–H and O–H groups in total. The number of ketones is 1. The van der Waals surface area contributed by atoms with Crippen LogP contribution in [-0.4, -0.2) is 19.1 Å². The largest absolute Gasteiger partial charge is 0.463 e. The zero-order valence-electron chi connectivity index (χ0n) is 18.7. The quantitative estimate of drug-likeness (QED) is 0.161. The first-order valence-electron chi connectivity index (χ1n) is 10.4. The van der Waals surface area contributed by atoms with Crippen molar-refractivity contribution in [2.75, 3.05) is 0 Å². The number of nitrogens with zero attached hydrogens (tertiary/aromatic N) is 1. The highest BCUT2D eigenvalue weighted by molar-refractivity contribution is 7.96. The van der Waals surface area contributed by atoms with Gasteiger partial charge in [0.25, 0.3) is 5.69 Å². The van der Waals surface area contributed by atoms with Gasteiger partial charge in [0.1, 0.15) is 16.8 Å². The number of aryl methyl sites for hydroxylation is 2. The second kappa shape index (κ2) is 9.11. The number of fused-ring (bicyclic) bond motifs is 1. The van der Waals surface area contributed by atoms with Crippen LogP contribution in [0.25, 0.3) is 17.0 Å². The molecule has 0 saturated carbocycles. The first-order valence-corrected chi connectivity index (χ1v) is 11.9. The minimum Gasteiger partial charge on any atom is -0.463 e. The van der Waals surface area contributed by atoms with Crippen LogP contribution in [0.1, 0.15) is 27.0 Å². The minimum atomic E-state index is -4.37. The average Bonchev–Trinajstić information content (AvgIpc) is 2.84. The number of Topliss-reactive ketones (excluding diaryl/α,β-unsaturated/α-hetero) is 1. The Hall–Kier alpha value is -4.37. The molecule has 0 aliphatic carbocycles. The number of allylic oxidation sites excluding steroid dienone is 1. The third-order valence-corrected chi connectivity index (χ3v) is 7.20. The fourth-order valence-corrected chi connectivity index (χ4v) is 4.88. The Balaban J connectivity index is 1.93. The van der Waals surface area contributed by atoms with Crippen LogP contribution in [0, 0.1) is 24.0 Å². The van der Waals surface area contributed by atoms with Crippen LogP contribution >= 0.6 is 0 Å². The van der Waals surface area contributed by atoms with Crippen LogP contribution in [0.15, 0.2) is 92.0 Å². The molecule has 1 aromatic heterocycles. The van der Waals surface area contributed by atoms with Crippen LogP contribution in [0.2, 0.25) is 0 Å². The number of carbonyl (C=O) groups is 1. The molecule has 0 unspecified atom stereocenters. The molecule has 0 saturated heterocycles. The van der Waals surface area contributed by atoms with Gasteiger partial charge >= 0.3 is 0 Å². The topological polar surface area (TPSA) is 125 Å². The van der Waals surface area contributed by atoms with Crippen LogP contribution in [0.5, 0.6) is 0 Å². The lowest BCUT2D eigenvalue weighted by Crippen LogP contribution is -2.16. The van der Waals surface area contributed by atoms with Crippen LogP contribution < -0.4 is 5.43 Å². The van der Waals surface area contributed by atoms with Crippen LogP contribution in [0.4, 0.5) is 5.69 Å². The lowest BCUT2D eigenvalue weighted by Gasteiger charge is -2.10. The summed E-state index contributed by atoms with van der Waals surface area (Å²) in [4.78, 5) is 36.1. The van der Waals surface area contributed by atoms with Crippen molar-refractivity contribution in [3.05, 3.63) is 120 Å². The number of sulfone groups is 1. The SMILES string of the molecule is Cc1ccc(S(=O)(=O)/C(=C\c2coc3ccc(C)cc3c2=O)C(=O)c2ccc([N+](=O)[O-])cc2)cc1. The van der Waals surface area contributed by atoms with Crippen molar-refractivity contribution < 1.29 is 22.6 Å². The number of hydrogen-bond donors (Lipinski definition) is 0. The van der Waals surface area contributed by atoms with Gasteiger partial charge in [-0.1, -0.05) is 29.3 Å². The molecule has 0 spiro atoms. The summed E-state index contributed by atoms with van der Waals surface area (Å²) in [6, 6.07) is 15.5. The molecule has 0 bridgehead atoms. The number of non-ortho nitro benzene ring substituents is 1. The zero-order chi connectivity index (χ0) is 25.3. The Morgan fingerprint density at radius 1 is 0.943 bits per heavy atom. The first kappa shape index (κ1) is 23.8. The van der Waals surface area contributed by atoms with Crippen molar-refractivity contribution in [3.63, 3.8) is 0 Å². The monoisotopic (exact) mass is 489 g/mol. The van der Waals surface area contributed by atoms with E-state index in [0.717, 1.165) is 35.6 Å². The smallest absolute Gasteiger partial charge is 0.269 e. The third-order valence-electron chi connectivity index (χ3n) is 5.43. The standard InChI is InChI=1S/C26H19NO7S/c1-16-3-10-21(11-4-16)35(32,33)24(26(29)18-6-8-20(9-7-18)27(30)31)14-19-15-34-23-12-5-17(2)13-22(23)25(19)28/h3-15H,1-2H3/b24-14-.